The minimum atomic E-state index is -1.76. The second-order valence-electron chi connectivity index (χ2n) is 5.19. The van der Waals surface area contributed by atoms with Crippen LogP contribution in [0.25, 0.3) is 0 Å². The Hall–Kier alpha value is -2.58. The minimum absolute atomic E-state index is 0.0602. The van der Waals surface area contributed by atoms with E-state index in [2.05, 4.69) is 20.3 Å². The normalized spacial score (nSPS) is 11.3. The van der Waals surface area contributed by atoms with Crippen LogP contribution < -0.4 is 15.8 Å². The molecule has 1 aromatic heterocycles. The number of aromatic nitrogens is 3. The first-order valence-corrected chi connectivity index (χ1v) is 6.78. The maximum absolute atomic E-state index is 13.8. The zero-order valence-electron chi connectivity index (χ0n) is 12.6. The number of rotatable bonds is 6. The Bertz CT molecular complexity index is 670. The number of nitrogen functional groups attached to an aromatic ring is 1. The Morgan fingerprint density at radius 3 is 2.39 bits per heavy atom. The van der Waals surface area contributed by atoms with Crippen LogP contribution in [0.15, 0.2) is 18.2 Å². The van der Waals surface area contributed by atoms with Crippen molar-refractivity contribution in [1.82, 2.24) is 15.0 Å². The zero-order valence-corrected chi connectivity index (χ0v) is 12.6. The summed E-state index contributed by atoms with van der Waals surface area (Å²) in [4.78, 5) is 11.5. The highest BCUT2D eigenvalue weighted by molar-refractivity contribution is 5.32. The molecule has 0 bridgehead atoms. The molecular formula is C14H16F3N5O. The molecule has 2 rings (SSSR count). The summed E-state index contributed by atoms with van der Waals surface area (Å²) in [6.07, 6.45) is 0. The highest BCUT2D eigenvalue weighted by Crippen LogP contribution is 2.21. The topological polar surface area (TPSA) is 86.0 Å². The number of anilines is 2. The molecule has 0 aliphatic rings. The predicted molar refractivity (Wildman–Crippen MR) is 78.7 cm³/mol. The van der Waals surface area contributed by atoms with Gasteiger partial charge in [0.05, 0.1) is 6.54 Å². The molecule has 0 spiro atoms. The van der Waals surface area contributed by atoms with Crippen molar-refractivity contribution in [2.24, 2.45) is 0 Å². The number of hydrogen-bond acceptors (Lipinski definition) is 6. The third kappa shape index (κ3) is 4.97. The van der Waals surface area contributed by atoms with Gasteiger partial charge in [-0.3, -0.25) is 0 Å². The summed E-state index contributed by atoms with van der Waals surface area (Å²) in [5.41, 5.74) is 3.74. The first kappa shape index (κ1) is 16.8. The van der Waals surface area contributed by atoms with E-state index in [1.54, 1.807) is 0 Å². The fraction of sp³-hybridized carbons (Fsp3) is 0.357. The van der Waals surface area contributed by atoms with E-state index in [-0.39, 0.29) is 36.6 Å². The van der Waals surface area contributed by atoms with Crippen molar-refractivity contribution in [3.05, 3.63) is 35.7 Å². The van der Waals surface area contributed by atoms with Gasteiger partial charge in [0.15, 0.2) is 11.5 Å². The fourth-order valence-electron chi connectivity index (χ4n) is 1.68. The van der Waals surface area contributed by atoms with Crippen LogP contribution in [0.3, 0.4) is 0 Å². The number of nitrogens with two attached hydrogens (primary N) is 1. The van der Waals surface area contributed by atoms with Gasteiger partial charge in [0, 0.05) is 18.2 Å². The average molecular weight is 327 g/mol. The molecule has 3 N–H and O–H groups in total. The van der Waals surface area contributed by atoms with E-state index in [0.717, 1.165) is 18.2 Å². The molecule has 1 heterocycles. The van der Waals surface area contributed by atoms with E-state index in [9.17, 15) is 13.2 Å². The fourth-order valence-corrected chi connectivity index (χ4v) is 1.68. The summed E-state index contributed by atoms with van der Waals surface area (Å²) in [5.74, 6) is -1.52. The summed E-state index contributed by atoms with van der Waals surface area (Å²) in [7, 11) is 0. The molecule has 0 aliphatic heterocycles. The SMILES string of the molecule is CC(C)(F)c1nc(N)nc(NCCOc2cc(F)cc(F)c2)n1. The van der Waals surface area contributed by atoms with Crippen molar-refractivity contribution in [2.75, 3.05) is 24.2 Å². The molecular weight excluding hydrogens is 311 g/mol. The monoisotopic (exact) mass is 327 g/mol. The van der Waals surface area contributed by atoms with Crippen molar-refractivity contribution < 1.29 is 17.9 Å². The number of benzene rings is 1. The molecule has 1 aromatic carbocycles. The summed E-state index contributed by atoms with van der Waals surface area (Å²) in [5, 5.41) is 2.78. The van der Waals surface area contributed by atoms with E-state index in [4.69, 9.17) is 10.5 Å². The number of nitrogens with zero attached hydrogens (tertiary/aromatic N) is 3. The van der Waals surface area contributed by atoms with E-state index < -0.39 is 17.3 Å². The highest BCUT2D eigenvalue weighted by atomic mass is 19.1. The molecule has 0 radical (unpaired) electrons. The third-order valence-electron chi connectivity index (χ3n) is 2.67. The Labute approximate surface area is 130 Å². The van der Waals surface area contributed by atoms with Crippen LogP contribution in [0.1, 0.15) is 19.7 Å². The van der Waals surface area contributed by atoms with Gasteiger partial charge in [0.1, 0.15) is 24.0 Å². The quantitative estimate of drug-likeness (QED) is 0.793. The standard InChI is InChI=1S/C14H16F3N5O/c1-14(2,17)11-20-12(18)22-13(21-11)19-3-4-23-10-6-8(15)5-9(16)7-10/h5-7H,3-4H2,1-2H3,(H3,18,19,20,21,22). The molecule has 0 unspecified atom stereocenters. The van der Waals surface area contributed by atoms with Crippen molar-refractivity contribution in [1.29, 1.82) is 0 Å². The molecule has 9 heteroatoms. The van der Waals surface area contributed by atoms with Gasteiger partial charge < -0.3 is 15.8 Å². The van der Waals surface area contributed by atoms with Crippen LogP contribution in [-0.4, -0.2) is 28.1 Å². The molecule has 0 aliphatic carbocycles. The van der Waals surface area contributed by atoms with E-state index in [1.807, 2.05) is 0 Å². The van der Waals surface area contributed by atoms with Gasteiger partial charge >= 0.3 is 0 Å². The molecule has 0 saturated heterocycles. The minimum Gasteiger partial charge on any atom is -0.492 e. The molecule has 0 fully saturated rings. The van der Waals surface area contributed by atoms with Gasteiger partial charge in [-0.05, 0) is 13.8 Å². The lowest BCUT2D eigenvalue weighted by molar-refractivity contribution is 0.206. The van der Waals surface area contributed by atoms with Crippen LogP contribution in [0.2, 0.25) is 0 Å². The zero-order chi connectivity index (χ0) is 17.0. The van der Waals surface area contributed by atoms with Crippen molar-refractivity contribution in [2.45, 2.75) is 19.5 Å². The van der Waals surface area contributed by atoms with Gasteiger partial charge in [-0.15, -0.1) is 0 Å². The maximum atomic E-state index is 13.8. The molecule has 0 atom stereocenters. The maximum Gasteiger partial charge on any atom is 0.227 e. The Balaban J connectivity index is 1.92. The summed E-state index contributed by atoms with van der Waals surface area (Å²) >= 11 is 0. The van der Waals surface area contributed by atoms with Crippen LogP contribution >= 0.6 is 0 Å². The van der Waals surface area contributed by atoms with E-state index >= 15 is 0 Å². The van der Waals surface area contributed by atoms with Crippen LogP contribution in [0, 0.1) is 11.6 Å². The molecule has 2 aromatic rings. The number of nitrogens with one attached hydrogen (secondary N) is 1. The predicted octanol–water partition coefficient (Wildman–Crippen LogP) is 2.43. The summed E-state index contributed by atoms with van der Waals surface area (Å²) in [6.45, 7) is 2.90. The smallest absolute Gasteiger partial charge is 0.227 e. The van der Waals surface area contributed by atoms with Gasteiger partial charge in [0.25, 0.3) is 0 Å². The van der Waals surface area contributed by atoms with Gasteiger partial charge in [-0.2, -0.15) is 15.0 Å². The lowest BCUT2D eigenvalue weighted by Crippen LogP contribution is -2.20. The summed E-state index contributed by atoms with van der Waals surface area (Å²) in [6, 6.07) is 2.88. The largest absolute Gasteiger partial charge is 0.492 e. The molecule has 23 heavy (non-hydrogen) atoms. The van der Waals surface area contributed by atoms with Crippen LogP contribution in [-0.2, 0) is 5.67 Å². The second-order valence-corrected chi connectivity index (χ2v) is 5.19. The number of alkyl halides is 1. The molecule has 0 amide bonds. The Kier molecular flexibility index (Phi) is 4.87. The van der Waals surface area contributed by atoms with E-state index in [0.29, 0.717) is 0 Å². The van der Waals surface area contributed by atoms with Crippen molar-refractivity contribution >= 4 is 11.9 Å². The van der Waals surface area contributed by atoms with Crippen LogP contribution in [0.4, 0.5) is 25.1 Å². The first-order valence-electron chi connectivity index (χ1n) is 6.78. The number of halogens is 3. The second kappa shape index (κ2) is 6.67. The molecule has 0 saturated carbocycles. The van der Waals surface area contributed by atoms with Crippen LogP contribution in [0.5, 0.6) is 5.75 Å². The lowest BCUT2D eigenvalue weighted by atomic mass is 10.1. The lowest BCUT2D eigenvalue weighted by Gasteiger charge is -2.14. The number of hydrogen-bond donors (Lipinski definition) is 2. The molecule has 124 valence electrons. The highest BCUT2D eigenvalue weighted by Gasteiger charge is 2.24. The average Bonchev–Trinajstić information content (AvgIpc) is 2.41. The van der Waals surface area contributed by atoms with Crippen molar-refractivity contribution in [3.63, 3.8) is 0 Å². The van der Waals surface area contributed by atoms with Gasteiger partial charge in [-0.25, -0.2) is 13.2 Å². The Morgan fingerprint density at radius 2 is 1.78 bits per heavy atom. The van der Waals surface area contributed by atoms with Gasteiger partial charge in [0.2, 0.25) is 11.9 Å². The third-order valence-corrected chi connectivity index (χ3v) is 2.67. The first-order chi connectivity index (χ1) is 10.7. The van der Waals surface area contributed by atoms with E-state index in [1.165, 1.54) is 13.8 Å². The van der Waals surface area contributed by atoms with Crippen molar-refractivity contribution in [3.8, 4) is 5.75 Å². The molecule has 6 nitrogen and oxygen atoms in total. The summed E-state index contributed by atoms with van der Waals surface area (Å²) < 4.78 is 45.0. The van der Waals surface area contributed by atoms with Gasteiger partial charge in [-0.1, -0.05) is 0 Å². The Morgan fingerprint density at radius 1 is 1.13 bits per heavy atom. The number of ether oxygens (including phenoxy) is 1.